The lowest BCUT2D eigenvalue weighted by atomic mass is 10.0. The Hall–Kier alpha value is -3.06. The largest absolute Gasteiger partial charge is 0.497 e. The highest BCUT2D eigenvalue weighted by Crippen LogP contribution is 2.18. The minimum atomic E-state index is -0.313. The summed E-state index contributed by atoms with van der Waals surface area (Å²) in [6.07, 6.45) is 2.52. The number of ether oxygens (including phenoxy) is 2. The van der Waals surface area contributed by atoms with Crippen LogP contribution in [0.25, 0.3) is 6.08 Å². The molecule has 4 heteroatoms. The number of carbonyl (C=O) groups excluding carboxylic acids is 1. The molecule has 0 aliphatic heterocycles. The zero-order valence-electron chi connectivity index (χ0n) is 13.8. The first kappa shape index (κ1) is 17.3. The van der Waals surface area contributed by atoms with Crippen molar-refractivity contribution in [2.24, 2.45) is 0 Å². The van der Waals surface area contributed by atoms with E-state index in [1.807, 2.05) is 37.3 Å². The lowest BCUT2D eigenvalue weighted by molar-refractivity contribution is 0.104. The average Bonchev–Trinajstić information content (AvgIpc) is 2.65. The van der Waals surface area contributed by atoms with Crippen LogP contribution >= 0.6 is 0 Å². The topological polar surface area (TPSA) is 59.3 Å². The van der Waals surface area contributed by atoms with Gasteiger partial charge in [-0.15, -0.1) is 0 Å². The highest BCUT2D eigenvalue weighted by molar-refractivity contribution is 6.14. The van der Waals surface area contributed by atoms with Crippen LogP contribution in [0, 0.1) is 11.3 Å². The minimum absolute atomic E-state index is 0.0855. The van der Waals surface area contributed by atoms with Crippen molar-refractivity contribution < 1.29 is 14.3 Å². The van der Waals surface area contributed by atoms with Crippen LogP contribution in [0.1, 0.15) is 29.3 Å². The summed E-state index contributed by atoms with van der Waals surface area (Å²) in [6, 6.07) is 16.0. The molecular weight excluding hydrogens is 302 g/mol. The minimum Gasteiger partial charge on any atom is -0.497 e. The summed E-state index contributed by atoms with van der Waals surface area (Å²) in [5, 5.41) is 9.30. The molecule has 0 fully saturated rings. The third-order valence-electron chi connectivity index (χ3n) is 3.38. The van der Waals surface area contributed by atoms with Crippen LogP contribution in [-0.4, -0.2) is 19.5 Å². The number of rotatable bonds is 7. The van der Waals surface area contributed by atoms with E-state index in [0.717, 1.165) is 17.7 Å². The predicted octanol–water partition coefficient (Wildman–Crippen LogP) is 4.27. The number of hydrogen-bond acceptors (Lipinski definition) is 4. The molecule has 0 bridgehead atoms. The van der Waals surface area contributed by atoms with Crippen molar-refractivity contribution in [1.29, 1.82) is 5.26 Å². The van der Waals surface area contributed by atoms with E-state index >= 15 is 0 Å². The second-order valence-corrected chi connectivity index (χ2v) is 5.14. The van der Waals surface area contributed by atoms with Crippen LogP contribution in [0.2, 0.25) is 0 Å². The maximum Gasteiger partial charge on any atom is 0.203 e. The fourth-order valence-corrected chi connectivity index (χ4v) is 2.09. The number of allylic oxidation sites excluding steroid dienone is 1. The molecule has 0 spiro atoms. The maximum absolute atomic E-state index is 12.4. The molecule has 0 saturated heterocycles. The van der Waals surface area contributed by atoms with Gasteiger partial charge in [0.15, 0.2) is 0 Å². The van der Waals surface area contributed by atoms with Gasteiger partial charge in [-0.2, -0.15) is 5.26 Å². The van der Waals surface area contributed by atoms with Crippen molar-refractivity contribution in [1.82, 2.24) is 0 Å². The van der Waals surface area contributed by atoms with Gasteiger partial charge in [-0.3, -0.25) is 4.79 Å². The molecule has 0 atom stereocenters. The molecule has 0 aliphatic rings. The van der Waals surface area contributed by atoms with E-state index in [4.69, 9.17) is 9.47 Å². The van der Waals surface area contributed by atoms with Gasteiger partial charge in [0.2, 0.25) is 5.78 Å². The summed E-state index contributed by atoms with van der Waals surface area (Å²) in [5.41, 5.74) is 1.31. The summed E-state index contributed by atoms with van der Waals surface area (Å²) in [4.78, 5) is 12.4. The van der Waals surface area contributed by atoms with Gasteiger partial charge in [0.25, 0.3) is 0 Å². The SMILES string of the molecule is CCCOc1ccc(/C=C(\C#N)C(=O)c2ccc(OC)cc2)cc1. The molecule has 2 rings (SSSR count). The van der Waals surface area contributed by atoms with Crippen LogP contribution in [0.15, 0.2) is 54.1 Å². The third kappa shape index (κ3) is 4.47. The molecule has 24 heavy (non-hydrogen) atoms. The van der Waals surface area contributed by atoms with Crippen molar-refractivity contribution in [2.75, 3.05) is 13.7 Å². The number of methoxy groups -OCH3 is 1. The summed E-state index contributed by atoms with van der Waals surface area (Å²) < 4.78 is 10.6. The number of carbonyl (C=O) groups is 1. The molecule has 122 valence electrons. The van der Waals surface area contributed by atoms with Crippen LogP contribution in [0.5, 0.6) is 11.5 Å². The van der Waals surface area contributed by atoms with Crippen LogP contribution < -0.4 is 9.47 Å². The van der Waals surface area contributed by atoms with Gasteiger partial charge in [-0.25, -0.2) is 0 Å². The summed E-state index contributed by atoms with van der Waals surface area (Å²) in [6.45, 7) is 2.70. The predicted molar refractivity (Wildman–Crippen MR) is 93.1 cm³/mol. The third-order valence-corrected chi connectivity index (χ3v) is 3.38. The smallest absolute Gasteiger partial charge is 0.203 e. The summed E-state index contributed by atoms with van der Waals surface area (Å²) >= 11 is 0. The number of nitriles is 1. The van der Waals surface area contributed by atoms with E-state index in [0.29, 0.717) is 17.9 Å². The highest BCUT2D eigenvalue weighted by atomic mass is 16.5. The zero-order valence-corrected chi connectivity index (χ0v) is 13.8. The second-order valence-electron chi connectivity index (χ2n) is 5.14. The Morgan fingerprint density at radius 2 is 1.71 bits per heavy atom. The van der Waals surface area contributed by atoms with E-state index in [-0.39, 0.29) is 11.4 Å². The Morgan fingerprint density at radius 3 is 2.25 bits per heavy atom. The van der Waals surface area contributed by atoms with E-state index in [9.17, 15) is 10.1 Å². The van der Waals surface area contributed by atoms with Gasteiger partial charge in [-0.05, 0) is 54.5 Å². The van der Waals surface area contributed by atoms with Gasteiger partial charge in [0.1, 0.15) is 23.1 Å². The van der Waals surface area contributed by atoms with Crippen molar-refractivity contribution in [3.8, 4) is 17.6 Å². The van der Waals surface area contributed by atoms with Crippen molar-refractivity contribution in [3.63, 3.8) is 0 Å². The molecule has 4 nitrogen and oxygen atoms in total. The quantitative estimate of drug-likeness (QED) is 0.434. The molecular formula is C20H19NO3. The Kier molecular flexibility index (Phi) is 6.16. The molecule has 2 aromatic carbocycles. The first-order valence-corrected chi connectivity index (χ1v) is 7.71. The molecule has 0 unspecified atom stereocenters. The highest BCUT2D eigenvalue weighted by Gasteiger charge is 2.12. The Labute approximate surface area is 141 Å². The van der Waals surface area contributed by atoms with Gasteiger partial charge in [-0.1, -0.05) is 19.1 Å². The standard InChI is InChI=1S/C20H19NO3/c1-3-12-24-19-8-4-15(5-9-19)13-17(14-21)20(22)16-6-10-18(23-2)11-7-16/h4-11,13H,3,12H2,1-2H3/b17-13+. The van der Waals surface area contributed by atoms with Gasteiger partial charge in [0, 0.05) is 5.56 Å². The molecule has 0 heterocycles. The lowest BCUT2D eigenvalue weighted by Gasteiger charge is -2.05. The summed E-state index contributed by atoms with van der Waals surface area (Å²) in [5.74, 6) is 1.12. The molecule has 0 saturated carbocycles. The van der Waals surface area contributed by atoms with E-state index in [1.165, 1.54) is 0 Å². The van der Waals surface area contributed by atoms with Crippen molar-refractivity contribution in [2.45, 2.75) is 13.3 Å². The maximum atomic E-state index is 12.4. The number of benzene rings is 2. The fraction of sp³-hybridized carbons (Fsp3) is 0.200. The van der Waals surface area contributed by atoms with Crippen molar-refractivity contribution in [3.05, 3.63) is 65.2 Å². The first-order chi connectivity index (χ1) is 11.7. The molecule has 0 aromatic heterocycles. The fourth-order valence-electron chi connectivity index (χ4n) is 2.09. The number of hydrogen-bond donors (Lipinski definition) is 0. The van der Waals surface area contributed by atoms with E-state index in [1.54, 1.807) is 37.5 Å². The summed E-state index contributed by atoms with van der Waals surface area (Å²) in [7, 11) is 1.56. The monoisotopic (exact) mass is 321 g/mol. The van der Waals surface area contributed by atoms with Gasteiger partial charge >= 0.3 is 0 Å². The van der Waals surface area contributed by atoms with E-state index < -0.39 is 0 Å². The molecule has 0 radical (unpaired) electrons. The number of nitrogens with zero attached hydrogens (tertiary/aromatic N) is 1. The molecule has 2 aromatic rings. The zero-order chi connectivity index (χ0) is 17.4. The van der Waals surface area contributed by atoms with Crippen LogP contribution in [-0.2, 0) is 0 Å². The van der Waals surface area contributed by atoms with E-state index in [2.05, 4.69) is 0 Å². The van der Waals surface area contributed by atoms with Crippen molar-refractivity contribution >= 4 is 11.9 Å². The van der Waals surface area contributed by atoms with Crippen LogP contribution in [0.4, 0.5) is 0 Å². The molecule has 0 aliphatic carbocycles. The normalized spacial score (nSPS) is 10.8. The Bertz CT molecular complexity index is 753. The molecule has 0 amide bonds. The lowest BCUT2D eigenvalue weighted by Crippen LogP contribution is -2.02. The van der Waals surface area contributed by atoms with Gasteiger partial charge < -0.3 is 9.47 Å². The average molecular weight is 321 g/mol. The Balaban J connectivity index is 2.18. The molecule has 0 N–H and O–H groups in total. The second kappa shape index (κ2) is 8.54. The van der Waals surface area contributed by atoms with Crippen LogP contribution in [0.3, 0.4) is 0 Å². The van der Waals surface area contributed by atoms with Gasteiger partial charge in [0.05, 0.1) is 13.7 Å². The number of Topliss-reactive ketones (excluding diaryl/α,β-unsaturated/α-hetero) is 1. The Morgan fingerprint density at radius 1 is 1.08 bits per heavy atom. The number of ketones is 1. The first-order valence-electron chi connectivity index (χ1n) is 7.71.